The van der Waals surface area contributed by atoms with Crippen LogP contribution < -0.4 is 10.1 Å². The van der Waals surface area contributed by atoms with Gasteiger partial charge in [0, 0.05) is 29.0 Å². The van der Waals surface area contributed by atoms with Crippen LogP contribution in [0.1, 0.15) is 15.9 Å². The first kappa shape index (κ1) is 17.6. The zero-order valence-corrected chi connectivity index (χ0v) is 16.2. The fourth-order valence-corrected chi connectivity index (χ4v) is 3.88. The average Bonchev–Trinajstić information content (AvgIpc) is 3.30. The zero-order chi connectivity index (χ0) is 19.0. The van der Waals surface area contributed by atoms with Crippen LogP contribution in [0, 0.1) is 10.1 Å². The number of nitro benzene ring substituents is 1. The minimum Gasteiger partial charge on any atom is -0.493 e. The van der Waals surface area contributed by atoms with Gasteiger partial charge in [-0.1, -0.05) is 0 Å². The van der Waals surface area contributed by atoms with Crippen LogP contribution in [0.25, 0.3) is 11.3 Å². The van der Waals surface area contributed by atoms with Crippen molar-refractivity contribution >= 4 is 44.0 Å². The molecule has 1 aliphatic rings. The van der Waals surface area contributed by atoms with E-state index in [0.29, 0.717) is 16.2 Å². The Morgan fingerprint density at radius 1 is 1.30 bits per heavy atom. The van der Waals surface area contributed by atoms with Crippen molar-refractivity contribution in [1.82, 2.24) is 4.98 Å². The standard InChI is InChI=1S/C18H12BrN3O4S/c19-13-3-1-12(8-15(13)22(24)25)17(23)21-18-20-14(9-27-18)10-2-4-16-11(7-10)5-6-26-16/h1-4,7-9H,5-6H2,(H,20,21,23). The van der Waals surface area contributed by atoms with Crippen molar-refractivity contribution in [2.45, 2.75) is 6.42 Å². The van der Waals surface area contributed by atoms with Gasteiger partial charge in [0.25, 0.3) is 11.6 Å². The van der Waals surface area contributed by atoms with Crippen LogP contribution in [0.2, 0.25) is 0 Å². The van der Waals surface area contributed by atoms with Gasteiger partial charge in [-0.15, -0.1) is 11.3 Å². The lowest BCUT2D eigenvalue weighted by molar-refractivity contribution is -0.385. The van der Waals surface area contributed by atoms with E-state index in [-0.39, 0.29) is 11.3 Å². The first-order chi connectivity index (χ1) is 13.0. The predicted molar refractivity (Wildman–Crippen MR) is 105 cm³/mol. The van der Waals surface area contributed by atoms with Crippen molar-refractivity contribution in [1.29, 1.82) is 0 Å². The third-order valence-electron chi connectivity index (χ3n) is 4.11. The van der Waals surface area contributed by atoms with E-state index in [2.05, 4.69) is 26.2 Å². The van der Waals surface area contributed by atoms with Crippen LogP contribution in [0.5, 0.6) is 5.75 Å². The minimum atomic E-state index is -0.542. The Hall–Kier alpha value is -2.78. The van der Waals surface area contributed by atoms with Gasteiger partial charge >= 0.3 is 0 Å². The van der Waals surface area contributed by atoms with Crippen molar-refractivity contribution in [3.05, 3.63) is 67.5 Å². The minimum absolute atomic E-state index is 0.164. The fourth-order valence-electron chi connectivity index (χ4n) is 2.77. The Morgan fingerprint density at radius 2 is 2.15 bits per heavy atom. The van der Waals surface area contributed by atoms with Gasteiger partial charge in [0.1, 0.15) is 5.75 Å². The summed E-state index contributed by atoms with van der Waals surface area (Å²) in [5.41, 5.74) is 2.88. The highest BCUT2D eigenvalue weighted by Gasteiger charge is 2.18. The number of nitrogens with zero attached hydrogens (tertiary/aromatic N) is 2. The number of halogens is 1. The number of ether oxygens (including phenoxy) is 1. The molecule has 2 heterocycles. The van der Waals surface area contributed by atoms with Gasteiger partial charge < -0.3 is 4.74 Å². The molecule has 1 aromatic heterocycles. The van der Waals surface area contributed by atoms with E-state index in [1.807, 2.05) is 23.6 Å². The normalized spacial score (nSPS) is 12.3. The molecule has 7 nitrogen and oxygen atoms in total. The topological polar surface area (TPSA) is 94.4 Å². The maximum absolute atomic E-state index is 12.4. The first-order valence-corrected chi connectivity index (χ1v) is 9.65. The molecular formula is C18H12BrN3O4S. The molecule has 0 atom stereocenters. The molecule has 0 saturated heterocycles. The lowest BCUT2D eigenvalue weighted by Gasteiger charge is -2.03. The van der Waals surface area contributed by atoms with Crippen molar-refractivity contribution in [3.63, 3.8) is 0 Å². The number of thiazole rings is 1. The summed E-state index contributed by atoms with van der Waals surface area (Å²) in [7, 11) is 0. The quantitative estimate of drug-likeness (QED) is 0.465. The number of aromatic nitrogens is 1. The molecule has 1 amide bonds. The molecule has 27 heavy (non-hydrogen) atoms. The van der Waals surface area contributed by atoms with Crippen molar-refractivity contribution in [3.8, 4) is 17.0 Å². The monoisotopic (exact) mass is 445 g/mol. The van der Waals surface area contributed by atoms with Gasteiger partial charge in [-0.3, -0.25) is 20.2 Å². The van der Waals surface area contributed by atoms with E-state index in [1.54, 1.807) is 0 Å². The van der Waals surface area contributed by atoms with Crippen LogP contribution >= 0.6 is 27.3 Å². The van der Waals surface area contributed by atoms with E-state index in [4.69, 9.17) is 4.74 Å². The van der Waals surface area contributed by atoms with Crippen molar-refractivity contribution in [2.24, 2.45) is 0 Å². The highest BCUT2D eigenvalue weighted by Crippen LogP contribution is 2.32. The van der Waals surface area contributed by atoms with Gasteiger partial charge in [-0.05, 0) is 51.8 Å². The number of hydrogen-bond donors (Lipinski definition) is 1. The maximum Gasteiger partial charge on any atom is 0.284 e. The molecule has 0 unspecified atom stereocenters. The first-order valence-electron chi connectivity index (χ1n) is 7.98. The summed E-state index contributed by atoms with van der Waals surface area (Å²) >= 11 is 4.40. The zero-order valence-electron chi connectivity index (χ0n) is 13.8. The van der Waals surface area contributed by atoms with E-state index in [1.165, 1.54) is 29.5 Å². The number of nitro groups is 1. The lowest BCUT2D eigenvalue weighted by Crippen LogP contribution is -2.12. The molecule has 4 rings (SSSR count). The number of anilines is 1. The number of carbonyl (C=O) groups excluding carboxylic acids is 1. The van der Waals surface area contributed by atoms with Crippen LogP contribution in [-0.4, -0.2) is 22.4 Å². The fraction of sp³-hybridized carbons (Fsp3) is 0.111. The third kappa shape index (κ3) is 3.56. The highest BCUT2D eigenvalue weighted by atomic mass is 79.9. The van der Waals surface area contributed by atoms with E-state index < -0.39 is 10.8 Å². The van der Waals surface area contributed by atoms with Gasteiger partial charge in [-0.2, -0.15) is 0 Å². The third-order valence-corrected chi connectivity index (χ3v) is 5.54. The Morgan fingerprint density at radius 3 is 2.96 bits per heavy atom. The molecule has 1 aliphatic heterocycles. The Labute approximate surface area is 166 Å². The van der Waals surface area contributed by atoms with Crippen molar-refractivity contribution in [2.75, 3.05) is 11.9 Å². The number of carbonyl (C=O) groups is 1. The van der Waals surface area contributed by atoms with Crippen molar-refractivity contribution < 1.29 is 14.5 Å². The molecule has 0 fully saturated rings. The van der Waals surface area contributed by atoms with E-state index >= 15 is 0 Å². The van der Waals surface area contributed by atoms with Crippen LogP contribution in [0.4, 0.5) is 10.8 Å². The lowest BCUT2D eigenvalue weighted by atomic mass is 10.1. The number of rotatable bonds is 4. The number of fused-ring (bicyclic) bond motifs is 1. The number of nitrogens with one attached hydrogen (secondary N) is 1. The second-order valence-corrected chi connectivity index (χ2v) is 7.55. The maximum atomic E-state index is 12.4. The summed E-state index contributed by atoms with van der Waals surface area (Å²) in [6.07, 6.45) is 0.874. The molecule has 3 aromatic rings. The Balaban J connectivity index is 1.53. The Kier molecular flexibility index (Phi) is 4.63. The summed E-state index contributed by atoms with van der Waals surface area (Å²) in [4.78, 5) is 27.3. The number of amides is 1. The Bertz CT molecular complexity index is 1070. The molecule has 0 saturated carbocycles. The van der Waals surface area contributed by atoms with Crippen LogP contribution in [0.15, 0.2) is 46.3 Å². The molecule has 0 bridgehead atoms. The van der Waals surface area contributed by atoms with Gasteiger partial charge in [-0.25, -0.2) is 4.98 Å². The highest BCUT2D eigenvalue weighted by molar-refractivity contribution is 9.10. The van der Waals surface area contributed by atoms with Crippen LogP contribution in [-0.2, 0) is 6.42 Å². The summed E-state index contributed by atoms with van der Waals surface area (Å²) in [6, 6.07) is 10.1. The molecule has 0 spiro atoms. The van der Waals surface area contributed by atoms with Gasteiger partial charge in [0.05, 0.1) is 21.7 Å². The average molecular weight is 446 g/mol. The van der Waals surface area contributed by atoms with E-state index in [9.17, 15) is 14.9 Å². The summed E-state index contributed by atoms with van der Waals surface area (Å²) in [5.74, 6) is 0.452. The second-order valence-electron chi connectivity index (χ2n) is 5.84. The van der Waals surface area contributed by atoms with Gasteiger partial charge in [0.2, 0.25) is 0 Å². The molecule has 0 aliphatic carbocycles. The number of benzene rings is 2. The molecule has 136 valence electrons. The predicted octanol–water partition coefficient (Wildman–Crippen LogP) is 4.67. The molecular weight excluding hydrogens is 434 g/mol. The van der Waals surface area contributed by atoms with E-state index in [0.717, 1.165) is 29.0 Å². The molecule has 9 heteroatoms. The smallest absolute Gasteiger partial charge is 0.284 e. The summed E-state index contributed by atoms with van der Waals surface area (Å²) < 4.78 is 5.83. The number of hydrogen-bond acceptors (Lipinski definition) is 6. The molecule has 2 aromatic carbocycles. The summed E-state index contributed by atoms with van der Waals surface area (Å²) in [5, 5.41) is 16.0. The largest absolute Gasteiger partial charge is 0.493 e. The molecule has 0 radical (unpaired) electrons. The summed E-state index contributed by atoms with van der Waals surface area (Å²) in [6.45, 7) is 0.691. The second kappa shape index (κ2) is 7.09. The SMILES string of the molecule is O=C(Nc1nc(-c2ccc3c(c2)CCO3)cs1)c1ccc(Br)c([N+](=O)[O-])c1. The van der Waals surface area contributed by atoms with Gasteiger partial charge in [0.15, 0.2) is 5.13 Å². The van der Waals surface area contributed by atoms with Crippen LogP contribution in [0.3, 0.4) is 0 Å². The molecule has 1 N–H and O–H groups in total.